The van der Waals surface area contributed by atoms with Crippen LogP contribution in [0.15, 0.2) is 86.4 Å². The molecule has 0 aliphatic carbocycles. The summed E-state index contributed by atoms with van der Waals surface area (Å²) in [5.41, 5.74) is 3.95. The zero-order chi connectivity index (χ0) is 26.1. The van der Waals surface area contributed by atoms with Crippen LogP contribution in [0, 0.1) is 13.8 Å². The van der Waals surface area contributed by atoms with Gasteiger partial charge in [0.05, 0.1) is 12.0 Å². The van der Waals surface area contributed by atoms with Gasteiger partial charge in [0.1, 0.15) is 16.9 Å². The van der Waals surface area contributed by atoms with Crippen LogP contribution in [0.1, 0.15) is 34.9 Å². The molecule has 0 fully saturated rings. The lowest BCUT2D eigenvalue weighted by Gasteiger charge is -2.20. The van der Waals surface area contributed by atoms with Crippen molar-refractivity contribution in [1.29, 1.82) is 0 Å². The van der Waals surface area contributed by atoms with Gasteiger partial charge in [-0.25, -0.2) is 4.79 Å². The van der Waals surface area contributed by atoms with Crippen molar-refractivity contribution in [3.63, 3.8) is 0 Å². The van der Waals surface area contributed by atoms with Gasteiger partial charge < -0.3 is 24.1 Å². The Hall–Kier alpha value is -4.65. The van der Waals surface area contributed by atoms with Crippen molar-refractivity contribution in [3.8, 4) is 11.1 Å². The molecule has 7 heteroatoms. The SMILES string of the molecule is Cc1oc2cc3oc(=O)c(CCC(=O)N[C@@H](C(=O)[O-])c4ccccc4)c(C)c3cc2c1-c1ccccc1. The third-order valence-corrected chi connectivity index (χ3v) is 6.61. The summed E-state index contributed by atoms with van der Waals surface area (Å²) in [6, 6.07) is 20.6. The molecule has 2 aromatic heterocycles. The summed E-state index contributed by atoms with van der Waals surface area (Å²) in [5, 5.41) is 15.7. The molecule has 5 aromatic rings. The lowest BCUT2D eigenvalue weighted by molar-refractivity contribution is -0.308. The van der Waals surface area contributed by atoms with Crippen molar-refractivity contribution in [3.05, 3.63) is 106 Å². The van der Waals surface area contributed by atoms with Crippen LogP contribution in [0.4, 0.5) is 0 Å². The molecular formula is C30H24NO6-. The predicted molar refractivity (Wildman–Crippen MR) is 138 cm³/mol. The van der Waals surface area contributed by atoms with Gasteiger partial charge in [-0.15, -0.1) is 0 Å². The number of furan rings is 1. The number of carbonyl (C=O) groups is 2. The van der Waals surface area contributed by atoms with E-state index < -0.39 is 23.5 Å². The molecule has 1 N–H and O–H groups in total. The van der Waals surface area contributed by atoms with Crippen LogP contribution in [0.2, 0.25) is 0 Å². The number of carbonyl (C=O) groups excluding carboxylic acids is 2. The van der Waals surface area contributed by atoms with E-state index in [4.69, 9.17) is 8.83 Å². The summed E-state index contributed by atoms with van der Waals surface area (Å²) in [5.74, 6) is -1.16. The number of fused-ring (bicyclic) bond motifs is 2. The van der Waals surface area contributed by atoms with Crippen LogP contribution in [-0.2, 0) is 16.0 Å². The second-order valence-corrected chi connectivity index (χ2v) is 8.97. The van der Waals surface area contributed by atoms with Gasteiger partial charge in [0.25, 0.3) is 0 Å². The van der Waals surface area contributed by atoms with E-state index in [1.165, 1.54) is 0 Å². The van der Waals surface area contributed by atoms with E-state index in [0.29, 0.717) is 27.9 Å². The Kier molecular flexibility index (Phi) is 6.36. The molecule has 0 aliphatic rings. The van der Waals surface area contributed by atoms with E-state index >= 15 is 0 Å². The molecule has 0 saturated carbocycles. The van der Waals surface area contributed by atoms with E-state index in [1.807, 2.05) is 50.2 Å². The zero-order valence-electron chi connectivity index (χ0n) is 20.4. The standard InChI is InChI=1S/C30H25NO6/c1-17-21(13-14-26(32)31-28(29(33)34)20-11-7-4-8-12-20)30(35)37-24-16-25-23(15-22(17)24)27(18(2)36-25)19-9-5-3-6-10-19/h3-12,15-16,28H,13-14H2,1-2H3,(H,31,32)(H,33,34)/p-1/t28-/m1/s1. The number of nitrogens with one attached hydrogen (secondary N) is 1. The quantitative estimate of drug-likeness (QED) is 0.336. The van der Waals surface area contributed by atoms with Gasteiger partial charge in [-0.1, -0.05) is 60.7 Å². The summed E-state index contributed by atoms with van der Waals surface area (Å²) >= 11 is 0. The van der Waals surface area contributed by atoms with Gasteiger partial charge in [0.2, 0.25) is 5.91 Å². The van der Waals surface area contributed by atoms with Crippen LogP contribution in [0.25, 0.3) is 33.1 Å². The van der Waals surface area contributed by atoms with Gasteiger partial charge in [0.15, 0.2) is 0 Å². The number of carboxylic acids is 1. The minimum Gasteiger partial charge on any atom is -0.548 e. The summed E-state index contributed by atoms with van der Waals surface area (Å²) in [6.45, 7) is 3.72. The van der Waals surface area contributed by atoms with Gasteiger partial charge in [0, 0.05) is 34.4 Å². The average Bonchev–Trinajstić information content (AvgIpc) is 3.21. The fraction of sp³-hybridized carbons (Fsp3) is 0.167. The summed E-state index contributed by atoms with van der Waals surface area (Å²) in [4.78, 5) is 37.0. The molecule has 1 atom stereocenters. The van der Waals surface area contributed by atoms with Crippen molar-refractivity contribution in [1.82, 2.24) is 5.32 Å². The highest BCUT2D eigenvalue weighted by Crippen LogP contribution is 2.37. The normalized spacial score (nSPS) is 12.1. The second-order valence-electron chi connectivity index (χ2n) is 8.97. The van der Waals surface area contributed by atoms with Crippen molar-refractivity contribution < 1.29 is 23.5 Å². The van der Waals surface area contributed by atoms with Crippen molar-refractivity contribution in [2.75, 3.05) is 0 Å². The number of aliphatic carboxylic acids is 1. The Balaban J connectivity index is 1.46. The Bertz CT molecular complexity index is 1680. The molecule has 0 saturated heterocycles. The van der Waals surface area contributed by atoms with E-state index in [1.54, 1.807) is 36.4 Å². The minimum atomic E-state index is -1.41. The van der Waals surface area contributed by atoms with Crippen LogP contribution < -0.4 is 16.0 Å². The summed E-state index contributed by atoms with van der Waals surface area (Å²) < 4.78 is 11.6. The summed E-state index contributed by atoms with van der Waals surface area (Å²) in [7, 11) is 0. The Labute approximate surface area is 212 Å². The molecule has 3 aromatic carbocycles. The third kappa shape index (κ3) is 4.63. The molecule has 2 heterocycles. The third-order valence-electron chi connectivity index (χ3n) is 6.61. The largest absolute Gasteiger partial charge is 0.548 e. The smallest absolute Gasteiger partial charge is 0.339 e. The van der Waals surface area contributed by atoms with Gasteiger partial charge in [-0.05, 0) is 43.0 Å². The lowest BCUT2D eigenvalue weighted by Crippen LogP contribution is -2.41. The predicted octanol–water partition coefficient (Wildman–Crippen LogP) is 4.36. The van der Waals surface area contributed by atoms with Crippen molar-refractivity contribution in [2.45, 2.75) is 32.7 Å². The number of rotatable bonds is 7. The average molecular weight is 495 g/mol. The van der Waals surface area contributed by atoms with E-state index in [0.717, 1.165) is 27.7 Å². The van der Waals surface area contributed by atoms with Gasteiger partial charge >= 0.3 is 5.63 Å². The molecule has 37 heavy (non-hydrogen) atoms. The zero-order valence-corrected chi connectivity index (χ0v) is 20.4. The van der Waals surface area contributed by atoms with Crippen molar-refractivity contribution >= 4 is 33.8 Å². The number of hydrogen-bond acceptors (Lipinski definition) is 6. The maximum atomic E-state index is 12.8. The van der Waals surface area contributed by atoms with Crippen LogP contribution in [0.5, 0.6) is 0 Å². The van der Waals surface area contributed by atoms with E-state index in [9.17, 15) is 19.5 Å². The first-order valence-corrected chi connectivity index (χ1v) is 11.9. The molecule has 1 amide bonds. The number of carboxylic acid groups (broad SMARTS) is 1. The fourth-order valence-electron chi connectivity index (χ4n) is 4.75. The Morgan fingerprint density at radius 2 is 1.54 bits per heavy atom. The molecule has 5 rings (SSSR count). The molecule has 0 spiro atoms. The highest BCUT2D eigenvalue weighted by molar-refractivity contribution is 6.03. The highest BCUT2D eigenvalue weighted by atomic mass is 16.4. The molecule has 0 unspecified atom stereocenters. The second kappa shape index (κ2) is 9.78. The monoisotopic (exact) mass is 494 g/mol. The maximum Gasteiger partial charge on any atom is 0.339 e. The number of benzene rings is 3. The van der Waals surface area contributed by atoms with Crippen LogP contribution >= 0.6 is 0 Å². The van der Waals surface area contributed by atoms with Gasteiger partial charge in [-0.2, -0.15) is 0 Å². The first kappa shape index (κ1) is 24.1. The number of aryl methyl sites for hydroxylation is 2. The minimum absolute atomic E-state index is 0.0873. The van der Waals surface area contributed by atoms with E-state index in [2.05, 4.69) is 5.32 Å². The van der Waals surface area contributed by atoms with E-state index in [-0.39, 0.29) is 12.8 Å². The van der Waals surface area contributed by atoms with Crippen LogP contribution in [0.3, 0.4) is 0 Å². The molecular weight excluding hydrogens is 470 g/mol. The number of amides is 1. The molecule has 0 radical (unpaired) electrons. The first-order valence-electron chi connectivity index (χ1n) is 11.9. The van der Waals surface area contributed by atoms with Crippen molar-refractivity contribution in [2.24, 2.45) is 0 Å². The molecule has 7 nitrogen and oxygen atoms in total. The summed E-state index contributed by atoms with van der Waals surface area (Å²) in [6.07, 6.45) is 0.00847. The Morgan fingerprint density at radius 1 is 0.892 bits per heavy atom. The molecule has 0 bridgehead atoms. The topological polar surface area (TPSA) is 113 Å². The van der Waals surface area contributed by atoms with Gasteiger partial charge in [-0.3, -0.25) is 4.79 Å². The highest BCUT2D eigenvalue weighted by Gasteiger charge is 2.20. The fourth-order valence-corrected chi connectivity index (χ4v) is 4.75. The lowest BCUT2D eigenvalue weighted by atomic mass is 9.98. The molecule has 0 aliphatic heterocycles. The Morgan fingerprint density at radius 3 is 2.22 bits per heavy atom. The maximum absolute atomic E-state index is 12.8. The molecule has 186 valence electrons. The first-order chi connectivity index (χ1) is 17.8. The number of hydrogen-bond donors (Lipinski definition) is 1. The van der Waals surface area contributed by atoms with Crippen LogP contribution in [-0.4, -0.2) is 11.9 Å².